The Hall–Kier alpha value is -2.09. The molecule has 2 rings (SSSR count). The van der Waals surface area contributed by atoms with Crippen molar-refractivity contribution in [2.45, 2.75) is 13.8 Å². The summed E-state index contributed by atoms with van der Waals surface area (Å²) in [5.41, 5.74) is 1.73. The van der Waals surface area contributed by atoms with Gasteiger partial charge in [0.1, 0.15) is 5.75 Å². The predicted octanol–water partition coefficient (Wildman–Crippen LogP) is 4.00. The maximum absolute atomic E-state index is 11.9. The van der Waals surface area contributed by atoms with Crippen LogP contribution in [-0.4, -0.2) is 12.9 Å². The van der Waals surface area contributed by atoms with Crippen molar-refractivity contribution in [3.63, 3.8) is 0 Å². The molecule has 18 heavy (non-hydrogen) atoms. The summed E-state index contributed by atoms with van der Waals surface area (Å²) in [6.07, 6.45) is 1.66. The first-order valence-corrected chi connectivity index (χ1v) is 5.87. The molecule has 0 saturated heterocycles. The number of hydrogen-bond acceptors (Lipinski definition) is 2. The van der Waals surface area contributed by atoms with Gasteiger partial charge < -0.3 is 4.74 Å². The van der Waals surface area contributed by atoms with Crippen LogP contribution in [0.1, 0.15) is 24.2 Å². The van der Waals surface area contributed by atoms with E-state index in [2.05, 4.69) is 0 Å². The Morgan fingerprint density at radius 1 is 1.06 bits per heavy atom. The molecule has 0 N–H and O–H groups in total. The van der Waals surface area contributed by atoms with E-state index < -0.39 is 0 Å². The van der Waals surface area contributed by atoms with Crippen LogP contribution < -0.4 is 4.74 Å². The number of ketones is 1. The highest BCUT2D eigenvalue weighted by molar-refractivity contribution is 6.07. The predicted molar refractivity (Wildman–Crippen MR) is 74.3 cm³/mol. The first-order chi connectivity index (χ1) is 8.60. The Morgan fingerprint density at radius 3 is 2.39 bits per heavy atom. The van der Waals surface area contributed by atoms with E-state index in [0.29, 0.717) is 5.56 Å². The van der Waals surface area contributed by atoms with Gasteiger partial charge in [-0.05, 0) is 48.9 Å². The topological polar surface area (TPSA) is 26.3 Å². The third-order valence-electron chi connectivity index (χ3n) is 2.75. The van der Waals surface area contributed by atoms with Gasteiger partial charge in [-0.3, -0.25) is 4.79 Å². The fraction of sp³-hybridized carbons (Fsp3) is 0.188. The van der Waals surface area contributed by atoms with Crippen molar-refractivity contribution in [3.05, 3.63) is 53.6 Å². The lowest BCUT2D eigenvalue weighted by molar-refractivity contribution is 0.104. The fourth-order valence-electron chi connectivity index (χ4n) is 1.85. The second kappa shape index (κ2) is 5.05. The largest absolute Gasteiger partial charge is 0.497 e. The summed E-state index contributed by atoms with van der Waals surface area (Å²) in [5.74, 6) is 0.874. The number of allylic oxidation sites excluding steroid dienone is 2. The normalized spacial score (nSPS) is 10.2. The maximum Gasteiger partial charge on any atom is 0.185 e. The summed E-state index contributed by atoms with van der Waals surface area (Å²) >= 11 is 0. The number of methoxy groups -OCH3 is 1. The van der Waals surface area contributed by atoms with Gasteiger partial charge >= 0.3 is 0 Å². The molecule has 0 bridgehead atoms. The van der Waals surface area contributed by atoms with Crippen molar-refractivity contribution >= 4 is 16.6 Å². The highest BCUT2D eigenvalue weighted by Gasteiger charge is 2.04. The van der Waals surface area contributed by atoms with E-state index in [1.54, 1.807) is 13.2 Å². The van der Waals surface area contributed by atoms with E-state index in [1.807, 2.05) is 50.2 Å². The van der Waals surface area contributed by atoms with Gasteiger partial charge in [-0.2, -0.15) is 0 Å². The molecule has 0 radical (unpaired) electrons. The zero-order valence-electron chi connectivity index (χ0n) is 10.9. The first kappa shape index (κ1) is 12.4. The second-order valence-electron chi connectivity index (χ2n) is 4.51. The monoisotopic (exact) mass is 240 g/mol. The number of carbonyl (C=O) groups is 1. The first-order valence-electron chi connectivity index (χ1n) is 5.87. The number of hydrogen-bond donors (Lipinski definition) is 0. The lowest BCUT2D eigenvalue weighted by Gasteiger charge is -2.04. The van der Waals surface area contributed by atoms with Gasteiger partial charge in [0, 0.05) is 5.56 Å². The van der Waals surface area contributed by atoms with Gasteiger partial charge in [0.2, 0.25) is 0 Å². The molecular weight excluding hydrogens is 224 g/mol. The van der Waals surface area contributed by atoms with E-state index >= 15 is 0 Å². The molecular formula is C16H16O2. The van der Waals surface area contributed by atoms with Crippen molar-refractivity contribution in [2.75, 3.05) is 7.11 Å². The second-order valence-corrected chi connectivity index (χ2v) is 4.51. The third-order valence-corrected chi connectivity index (χ3v) is 2.75. The lowest BCUT2D eigenvalue weighted by Crippen LogP contribution is -1.95. The summed E-state index contributed by atoms with van der Waals surface area (Å²) in [6.45, 7) is 3.84. The average Bonchev–Trinajstić information content (AvgIpc) is 2.36. The summed E-state index contributed by atoms with van der Waals surface area (Å²) in [7, 11) is 1.65. The molecule has 0 saturated carbocycles. The van der Waals surface area contributed by atoms with Crippen LogP contribution in [0.25, 0.3) is 10.8 Å². The number of benzene rings is 2. The van der Waals surface area contributed by atoms with Gasteiger partial charge in [-0.15, -0.1) is 0 Å². The minimum Gasteiger partial charge on any atom is -0.497 e. The molecule has 0 unspecified atom stereocenters. The summed E-state index contributed by atoms with van der Waals surface area (Å²) in [4.78, 5) is 11.9. The number of carbonyl (C=O) groups excluding carboxylic acids is 1. The minimum atomic E-state index is 0.0488. The highest BCUT2D eigenvalue weighted by Crippen LogP contribution is 2.22. The third kappa shape index (κ3) is 2.59. The van der Waals surface area contributed by atoms with Crippen LogP contribution in [0, 0.1) is 0 Å². The molecule has 0 atom stereocenters. The number of rotatable bonds is 3. The van der Waals surface area contributed by atoms with Crippen molar-refractivity contribution in [1.29, 1.82) is 0 Å². The molecule has 0 aliphatic heterocycles. The SMILES string of the molecule is COc1ccc2cc(C(=O)C=C(C)C)ccc2c1. The Kier molecular flexibility index (Phi) is 3.47. The van der Waals surface area contributed by atoms with E-state index in [-0.39, 0.29) is 5.78 Å². The molecule has 0 heterocycles. The van der Waals surface area contributed by atoms with Gasteiger partial charge in [0.05, 0.1) is 7.11 Å². The zero-order chi connectivity index (χ0) is 13.1. The maximum atomic E-state index is 11.9. The van der Waals surface area contributed by atoms with Crippen LogP contribution in [0.5, 0.6) is 5.75 Å². The van der Waals surface area contributed by atoms with Crippen LogP contribution in [0.3, 0.4) is 0 Å². The van der Waals surface area contributed by atoms with Crippen molar-refractivity contribution in [1.82, 2.24) is 0 Å². The van der Waals surface area contributed by atoms with E-state index in [9.17, 15) is 4.79 Å². The lowest BCUT2D eigenvalue weighted by atomic mass is 10.0. The summed E-state index contributed by atoms with van der Waals surface area (Å²) in [5, 5.41) is 2.12. The smallest absolute Gasteiger partial charge is 0.185 e. The van der Waals surface area contributed by atoms with Crippen molar-refractivity contribution in [3.8, 4) is 5.75 Å². The Morgan fingerprint density at radius 2 is 1.72 bits per heavy atom. The zero-order valence-corrected chi connectivity index (χ0v) is 10.9. The molecule has 92 valence electrons. The highest BCUT2D eigenvalue weighted by atomic mass is 16.5. The number of ether oxygens (including phenoxy) is 1. The van der Waals surface area contributed by atoms with Gasteiger partial charge in [-0.25, -0.2) is 0 Å². The quantitative estimate of drug-likeness (QED) is 0.598. The Balaban J connectivity index is 2.45. The van der Waals surface area contributed by atoms with Crippen LogP contribution >= 0.6 is 0 Å². The molecule has 2 aromatic rings. The summed E-state index contributed by atoms with van der Waals surface area (Å²) in [6, 6.07) is 11.5. The van der Waals surface area contributed by atoms with Crippen molar-refractivity contribution < 1.29 is 9.53 Å². The van der Waals surface area contributed by atoms with Gasteiger partial charge in [-0.1, -0.05) is 23.8 Å². The molecule has 2 nitrogen and oxygen atoms in total. The summed E-state index contributed by atoms with van der Waals surface area (Å²) < 4.78 is 5.18. The average molecular weight is 240 g/mol. The van der Waals surface area contributed by atoms with Crippen LogP contribution in [-0.2, 0) is 0 Å². The molecule has 0 spiro atoms. The molecule has 0 aliphatic rings. The van der Waals surface area contributed by atoms with E-state index in [0.717, 1.165) is 22.1 Å². The van der Waals surface area contributed by atoms with E-state index in [4.69, 9.17) is 4.74 Å². The fourth-order valence-corrected chi connectivity index (χ4v) is 1.85. The van der Waals surface area contributed by atoms with Crippen LogP contribution in [0.15, 0.2) is 48.0 Å². The molecule has 0 aliphatic carbocycles. The number of fused-ring (bicyclic) bond motifs is 1. The van der Waals surface area contributed by atoms with Gasteiger partial charge in [0.25, 0.3) is 0 Å². The Bertz CT molecular complexity index is 620. The van der Waals surface area contributed by atoms with Gasteiger partial charge in [0.15, 0.2) is 5.78 Å². The van der Waals surface area contributed by atoms with Crippen molar-refractivity contribution in [2.24, 2.45) is 0 Å². The Labute approximate surface area is 107 Å². The molecule has 2 aromatic carbocycles. The standard InChI is InChI=1S/C16H16O2/c1-11(2)8-16(17)14-5-4-13-10-15(18-3)7-6-12(13)9-14/h4-10H,1-3H3. The molecule has 2 heteroatoms. The van der Waals surface area contributed by atoms with Crippen LogP contribution in [0.2, 0.25) is 0 Å². The van der Waals surface area contributed by atoms with E-state index in [1.165, 1.54) is 0 Å². The molecule has 0 fully saturated rings. The van der Waals surface area contributed by atoms with Crippen LogP contribution in [0.4, 0.5) is 0 Å². The molecule has 0 amide bonds. The molecule has 0 aromatic heterocycles. The minimum absolute atomic E-state index is 0.0488.